The van der Waals surface area contributed by atoms with E-state index in [1.54, 1.807) is 0 Å². The first-order valence-corrected chi connectivity index (χ1v) is 5.25. The first-order chi connectivity index (χ1) is 7.15. The molecular formula is C12H19NO2. The lowest BCUT2D eigenvalue weighted by Crippen LogP contribution is -2.41. The van der Waals surface area contributed by atoms with Crippen LogP contribution < -0.4 is 5.32 Å². The van der Waals surface area contributed by atoms with Gasteiger partial charge in [-0.2, -0.15) is 0 Å². The molecule has 0 saturated carbocycles. The zero-order valence-corrected chi connectivity index (χ0v) is 9.22. The molecule has 1 aromatic rings. The summed E-state index contributed by atoms with van der Waals surface area (Å²) >= 11 is 0. The molecule has 3 nitrogen and oxygen atoms in total. The maximum Gasteiger partial charge on any atom is 0.0965 e. The van der Waals surface area contributed by atoms with Crippen LogP contribution in [0.4, 0.5) is 0 Å². The van der Waals surface area contributed by atoms with Gasteiger partial charge in [0.15, 0.2) is 0 Å². The Morgan fingerprint density at radius 1 is 1.20 bits per heavy atom. The number of hydrogen-bond acceptors (Lipinski definition) is 3. The number of rotatable bonds is 5. The van der Waals surface area contributed by atoms with Crippen molar-refractivity contribution < 1.29 is 10.2 Å². The third kappa shape index (κ3) is 3.63. The van der Waals surface area contributed by atoms with Crippen molar-refractivity contribution in [3.8, 4) is 0 Å². The second-order valence-electron chi connectivity index (χ2n) is 3.97. The third-order valence-electron chi connectivity index (χ3n) is 2.27. The zero-order chi connectivity index (χ0) is 11.3. The van der Waals surface area contributed by atoms with E-state index >= 15 is 0 Å². The van der Waals surface area contributed by atoms with E-state index in [2.05, 4.69) is 5.32 Å². The van der Waals surface area contributed by atoms with E-state index < -0.39 is 6.10 Å². The van der Waals surface area contributed by atoms with Crippen molar-refractivity contribution in [3.05, 3.63) is 35.9 Å². The van der Waals surface area contributed by atoms with Crippen LogP contribution in [0.15, 0.2) is 30.3 Å². The molecule has 3 N–H and O–H groups in total. The molecule has 0 heterocycles. The highest BCUT2D eigenvalue weighted by atomic mass is 16.3. The van der Waals surface area contributed by atoms with Crippen molar-refractivity contribution in [1.82, 2.24) is 5.32 Å². The van der Waals surface area contributed by atoms with Gasteiger partial charge in [0, 0.05) is 6.04 Å². The van der Waals surface area contributed by atoms with Crippen LogP contribution in [0.2, 0.25) is 0 Å². The highest BCUT2D eigenvalue weighted by molar-refractivity contribution is 5.18. The molecule has 2 unspecified atom stereocenters. The summed E-state index contributed by atoms with van der Waals surface area (Å²) in [6.07, 6.45) is -0.668. The van der Waals surface area contributed by atoms with Crippen LogP contribution in [0, 0.1) is 0 Å². The van der Waals surface area contributed by atoms with E-state index in [0.29, 0.717) is 0 Å². The molecule has 1 aromatic carbocycles. The molecule has 3 heteroatoms. The SMILES string of the molecule is CC(C)NC(CO)C(O)c1ccccc1. The minimum Gasteiger partial charge on any atom is -0.395 e. The van der Waals surface area contributed by atoms with Gasteiger partial charge >= 0.3 is 0 Å². The third-order valence-corrected chi connectivity index (χ3v) is 2.27. The van der Waals surface area contributed by atoms with Crippen LogP contribution >= 0.6 is 0 Å². The molecule has 2 atom stereocenters. The quantitative estimate of drug-likeness (QED) is 0.680. The average molecular weight is 209 g/mol. The van der Waals surface area contributed by atoms with Crippen molar-refractivity contribution >= 4 is 0 Å². The molecule has 1 rings (SSSR count). The Hall–Kier alpha value is -0.900. The molecule has 15 heavy (non-hydrogen) atoms. The smallest absolute Gasteiger partial charge is 0.0965 e. The van der Waals surface area contributed by atoms with Gasteiger partial charge in [0.05, 0.1) is 18.8 Å². The lowest BCUT2D eigenvalue weighted by atomic mass is 10.0. The summed E-state index contributed by atoms with van der Waals surface area (Å²) in [6, 6.07) is 9.29. The monoisotopic (exact) mass is 209 g/mol. The van der Waals surface area contributed by atoms with Gasteiger partial charge in [-0.1, -0.05) is 44.2 Å². The van der Waals surface area contributed by atoms with Crippen molar-refractivity contribution in [1.29, 1.82) is 0 Å². The average Bonchev–Trinajstić information content (AvgIpc) is 2.26. The van der Waals surface area contributed by atoms with Gasteiger partial charge in [0.2, 0.25) is 0 Å². The highest BCUT2D eigenvalue weighted by Crippen LogP contribution is 2.16. The van der Waals surface area contributed by atoms with Crippen molar-refractivity contribution in [2.75, 3.05) is 6.61 Å². The Labute approximate surface area is 90.8 Å². The van der Waals surface area contributed by atoms with Crippen LogP contribution in [0.25, 0.3) is 0 Å². The molecule has 0 amide bonds. The van der Waals surface area contributed by atoms with E-state index in [1.165, 1.54) is 0 Å². The summed E-state index contributed by atoms with van der Waals surface area (Å²) in [7, 11) is 0. The topological polar surface area (TPSA) is 52.5 Å². The van der Waals surface area contributed by atoms with Crippen LogP contribution in [-0.2, 0) is 0 Å². The molecule has 0 spiro atoms. The van der Waals surface area contributed by atoms with Crippen molar-refractivity contribution in [2.24, 2.45) is 0 Å². The van der Waals surface area contributed by atoms with Gasteiger partial charge in [-0.25, -0.2) is 0 Å². The lowest BCUT2D eigenvalue weighted by Gasteiger charge is -2.24. The summed E-state index contributed by atoms with van der Waals surface area (Å²) < 4.78 is 0. The van der Waals surface area contributed by atoms with E-state index in [4.69, 9.17) is 0 Å². The predicted octanol–water partition coefficient (Wildman–Crippen LogP) is 1.08. The summed E-state index contributed by atoms with van der Waals surface area (Å²) in [4.78, 5) is 0. The second-order valence-corrected chi connectivity index (χ2v) is 3.97. The van der Waals surface area contributed by atoms with Gasteiger partial charge in [0.25, 0.3) is 0 Å². The minimum atomic E-state index is -0.668. The Bertz CT molecular complexity index is 274. The standard InChI is InChI=1S/C12H19NO2/c1-9(2)13-11(8-14)12(15)10-6-4-3-5-7-10/h3-7,9,11-15H,8H2,1-2H3. The Morgan fingerprint density at radius 3 is 2.27 bits per heavy atom. The number of nitrogens with one attached hydrogen (secondary N) is 1. The number of aliphatic hydroxyl groups excluding tert-OH is 2. The lowest BCUT2D eigenvalue weighted by molar-refractivity contribution is 0.0856. The Morgan fingerprint density at radius 2 is 1.80 bits per heavy atom. The Kier molecular flexibility index (Phi) is 4.75. The predicted molar refractivity (Wildman–Crippen MR) is 60.5 cm³/mol. The normalized spacial score (nSPS) is 15.3. The minimum absolute atomic E-state index is 0.0752. The van der Waals surface area contributed by atoms with Gasteiger partial charge in [-0.05, 0) is 5.56 Å². The zero-order valence-electron chi connectivity index (χ0n) is 9.22. The molecule has 0 saturated heterocycles. The fourth-order valence-electron chi connectivity index (χ4n) is 1.55. The van der Waals surface area contributed by atoms with Crippen LogP contribution in [0.3, 0.4) is 0 Å². The molecule has 0 aliphatic rings. The maximum atomic E-state index is 10.0. The number of aliphatic hydroxyl groups is 2. The highest BCUT2D eigenvalue weighted by Gasteiger charge is 2.20. The molecular weight excluding hydrogens is 190 g/mol. The molecule has 0 radical (unpaired) electrons. The summed E-state index contributed by atoms with van der Waals surface area (Å²) in [6.45, 7) is 3.90. The van der Waals surface area contributed by atoms with E-state index in [0.717, 1.165) is 5.56 Å². The molecule has 0 aliphatic heterocycles. The van der Waals surface area contributed by atoms with Crippen LogP contribution in [0.1, 0.15) is 25.5 Å². The largest absolute Gasteiger partial charge is 0.395 e. The molecule has 0 aliphatic carbocycles. The summed E-state index contributed by atoms with van der Waals surface area (Å²) in [5.74, 6) is 0. The van der Waals surface area contributed by atoms with Gasteiger partial charge in [-0.3, -0.25) is 0 Å². The van der Waals surface area contributed by atoms with Gasteiger partial charge < -0.3 is 15.5 Å². The molecule has 84 valence electrons. The maximum absolute atomic E-state index is 10.0. The van der Waals surface area contributed by atoms with Gasteiger partial charge in [-0.15, -0.1) is 0 Å². The van der Waals surface area contributed by atoms with Crippen LogP contribution in [0.5, 0.6) is 0 Å². The molecule has 0 fully saturated rings. The Balaban J connectivity index is 2.69. The van der Waals surface area contributed by atoms with E-state index in [9.17, 15) is 10.2 Å². The second kappa shape index (κ2) is 5.85. The van der Waals surface area contributed by atoms with E-state index in [-0.39, 0.29) is 18.7 Å². The number of benzene rings is 1. The first kappa shape index (κ1) is 12.2. The number of hydrogen-bond donors (Lipinski definition) is 3. The van der Waals surface area contributed by atoms with E-state index in [1.807, 2.05) is 44.2 Å². The van der Waals surface area contributed by atoms with Gasteiger partial charge in [0.1, 0.15) is 0 Å². The molecule has 0 aromatic heterocycles. The fourth-order valence-corrected chi connectivity index (χ4v) is 1.55. The van der Waals surface area contributed by atoms with Crippen molar-refractivity contribution in [2.45, 2.75) is 32.0 Å². The van der Waals surface area contributed by atoms with Crippen LogP contribution in [-0.4, -0.2) is 28.9 Å². The fraction of sp³-hybridized carbons (Fsp3) is 0.500. The first-order valence-electron chi connectivity index (χ1n) is 5.25. The van der Waals surface area contributed by atoms with Crippen molar-refractivity contribution in [3.63, 3.8) is 0 Å². The molecule has 0 bridgehead atoms. The summed E-state index contributed by atoms with van der Waals surface area (Å²) in [5.41, 5.74) is 0.824. The summed E-state index contributed by atoms with van der Waals surface area (Å²) in [5, 5.41) is 22.3.